The Kier molecular flexibility index (Phi) is 7.85. The van der Waals surface area contributed by atoms with E-state index in [-0.39, 0.29) is 23.6 Å². The van der Waals surface area contributed by atoms with Crippen molar-refractivity contribution in [3.05, 3.63) is 88.2 Å². The van der Waals surface area contributed by atoms with E-state index >= 15 is 0 Å². The van der Waals surface area contributed by atoms with E-state index in [0.29, 0.717) is 18.4 Å². The van der Waals surface area contributed by atoms with Crippen LogP contribution in [0, 0.1) is 5.82 Å². The van der Waals surface area contributed by atoms with Crippen molar-refractivity contribution >= 4 is 34.5 Å². The normalized spacial score (nSPS) is 18.2. The summed E-state index contributed by atoms with van der Waals surface area (Å²) in [4.78, 5) is 3.22. The van der Waals surface area contributed by atoms with Gasteiger partial charge in [-0.15, -0.1) is 11.8 Å². The minimum atomic E-state index is -0.440. The molecule has 1 fully saturated rings. The Hall–Kier alpha value is -2.54. The van der Waals surface area contributed by atoms with Crippen molar-refractivity contribution in [2.75, 3.05) is 32.1 Å². The van der Waals surface area contributed by atoms with E-state index in [1.54, 1.807) is 30.0 Å². The van der Waals surface area contributed by atoms with Crippen LogP contribution in [0.3, 0.4) is 0 Å². The highest BCUT2D eigenvalue weighted by Gasteiger charge is 2.25. The average Bonchev–Trinajstić information content (AvgIpc) is 3.24. The number of hydrogen-bond acceptors (Lipinski definition) is 4. The molecule has 0 aromatic heterocycles. The van der Waals surface area contributed by atoms with Gasteiger partial charge in [-0.3, -0.25) is 9.29 Å². The van der Waals surface area contributed by atoms with Crippen LogP contribution in [0.2, 0.25) is 5.02 Å². The maximum absolute atomic E-state index is 14.4. The highest BCUT2D eigenvalue weighted by molar-refractivity contribution is 7.99. The Labute approximate surface area is 219 Å². The standard InChI is InChI=1S/C29H28ClF2NO2S/c30-29-24(3-1-4-26(29)32)23-12-16-36-27-17-20(34)7-10-25(27)28(23)19-5-8-21(9-6-19)35-22-11-15-33(18-22)14-2-13-31/h1,3-10,17,22,34H,2,11-16,18H2/t22-/m0/s1. The van der Waals surface area contributed by atoms with Gasteiger partial charge in [0.05, 0.1) is 11.7 Å². The summed E-state index contributed by atoms with van der Waals surface area (Å²) in [5, 5.41) is 10.2. The Morgan fingerprint density at radius 3 is 2.72 bits per heavy atom. The summed E-state index contributed by atoms with van der Waals surface area (Å²) in [6, 6.07) is 18.3. The molecular formula is C29H28ClF2NO2S. The van der Waals surface area contributed by atoms with Crippen molar-refractivity contribution < 1.29 is 18.6 Å². The van der Waals surface area contributed by atoms with Gasteiger partial charge in [0.1, 0.15) is 23.4 Å². The maximum atomic E-state index is 14.4. The summed E-state index contributed by atoms with van der Waals surface area (Å²) in [6.07, 6.45) is 2.28. The molecule has 2 aliphatic heterocycles. The van der Waals surface area contributed by atoms with Crippen molar-refractivity contribution in [1.82, 2.24) is 4.90 Å². The van der Waals surface area contributed by atoms with E-state index in [1.807, 2.05) is 36.4 Å². The fraction of sp³-hybridized carbons (Fsp3) is 0.310. The first-order valence-electron chi connectivity index (χ1n) is 12.2. The van der Waals surface area contributed by atoms with Crippen LogP contribution in [0.4, 0.5) is 8.78 Å². The van der Waals surface area contributed by atoms with Crippen LogP contribution >= 0.6 is 23.4 Å². The number of rotatable bonds is 7. The van der Waals surface area contributed by atoms with E-state index in [2.05, 4.69) is 4.90 Å². The third kappa shape index (κ3) is 5.41. The minimum Gasteiger partial charge on any atom is -0.508 e. The van der Waals surface area contributed by atoms with Gasteiger partial charge in [0.15, 0.2) is 0 Å². The fourth-order valence-electron chi connectivity index (χ4n) is 5.00. The van der Waals surface area contributed by atoms with Gasteiger partial charge >= 0.3 is 0 Å². The predicted octanol–water partition coefficient (Wildman–Crippen LogP) is 7.45. The maximum Gasteiger partial charge on any atom is 0.142 e. The zero-order valence-electron chi connectivity index (χ0n) is 19.9. The molecule has 7 heteroatoms. The first-order valence-corrected chi connectivity index (χ1v) is 13.6. The summed E-state index contributed by atoms with van der Waals surface area (Å²) >= 11 is 8.12. The van der Waals surface area contributed by atoms with E-state index < -0.39 is 5.82 Å². The number of ether oxygens (including phenoxy) is 1. The molecule has 36 heavy (non-hydrogen) atoms. The second-order valence-electron chi connectivity index (χ2n) is 9.13. The van der Waals surface area contributed by atoms with Crippen molar-refractivity contribution in [1.29, 1.82) is 0 Å². The molecule has 1 saturated heterocycles. The third-order valence-corrected chi connectivity index (χ3v) is 8.15. The van der Waals surface area contributed by atoms with Crippen molar-refractivity contribution in [3.8, 4) is 11.5 Å². The molecule has 5 rings (SSSR count). The van der Waals surface area contributed by atoms with Crippen LogP contribution in [-0.2, 0) is 0 Å². The number of phenols is 1. The van der Waals surface area contributed by atoms with Crippen LogP contribution in [0.25, 0.3) is 11.1 Å². The lowest BCUT2D eigenvalue weighted by Gasteiger charge is -2.19. The van der Waals surface area contributed by atoms with Crippen LogP contribution in [0.1, 0.15) is 36.0 Å². The average molecular weight is 528 g/mol. The van der Waals surface area contributed by atoms with Crippen molar-refractivity contribution in [2.24, 2.45) is 0 Å². The molecule has 0 unspecified atom stereocenters. The second kappa shape index (κ2) is 11.2. The molecule has 0 bridgehead atoms. The summed E-state index contributed by atoms with van der Waals surface area (Å²) < 4.78 is 33.1. The summed E-state index contributed by atoms with van der Waals surface area (Å²) in [6.45, 7) is 2.21. The van der Waals surface area contributed by atoms with E-state index in [1.165, 1.54) is 6.07 Å². The molecule has 1 N–H and O–H groups in total. The number of hydrogen-bond donors (Lipinski definition) is 1. The number of likely N-dealkylation sites (tertiary alicyclic amines) is 1. The first kappa shape index (κ1) is 25.1. The topological polar surface area (TPSA) is 32.7 Å². The highest BCUT2D eigenvalue weighted by Crippen LogP contribution is 2.45. The van der Waals surface area contributed by atoms with E-state index in [4.69, 9.17) is 16.3 Å². The van der Waals surface area contributed by atoms with Gasteiger partial charge in [0.2, 0.25) is 0 Å². The smallest absolute Gasteiger partial charge is 0.142 e. The monoisotopic (exact) mass is 527 g/mol. The Morgan fingerprint density at radius 1 is 1.08 bits per heavy atom. The molecule has 2 aliphatic rings. The quantitative estimate of drug-likeness (QED) is 0.346. The van der Waals surface area contributed by atoms with Gasteiger partial charge < -0.3 is 9.84 Å². The van der Waals surface area contributed by atoms with Crippen molar-refractivity contribution in [3.63, 3.8) is 0 Å². The zero-order valence-corrected chi connectivity index (χ0v) is 21.4. The molecule has 0 radical (unpaired) electrons. The zero-order chi connectivity index (χ0) is 25.1. The van der Waals surface area contributed by atoms with Crippen LogP contribution in [-0.4, -0.2) is 48.2 Å². The number of benzene rings is 3. The number of aromatic hydroxyl groups is 1. The third-order valence-electron chi connectivity index (χ3n) is 6.71. The van der Waals surface area contributed by atoms with Crippen molar-refractivity contribution in [2.45, 2.75) is 30.3 Å². The summed E-state index contributed by atoms with van der Waals surface area (Å²) in [5.74, 6) is 1.35. The minimum absolute atomic E-state index is 0.0920. The highest BCUT2D eigenvalue weighted by atomic mass is 35.5. The lowest BCUT2D eigenvalue weighted by atomic mass is 9.88. The number of nitrogens with zero attached hydrogens (tertiary/aromatic N) is 1. The number of thioether (sulfide) groups is 1. The second-order valence-corrected chi connectivity index (χ2v) is 10.6. The molecule has 0 amide bonds. The number of allylic oxidation sites excluding steroid dienone is 1. The lowest BCUT2D eigenvalue weighted by Crippen LogP contribution is -2.26. The summed E-state index contributed by atoms with van der Waals surface area (Å²) in [5.41, 5.74) is 4.60. The fourth-order valence-corrected chi connectivity index (χ4v) is 6.29. The SMILES string of the molecule is Oc1ccc2c(c1)SCCC(c1cccc(F)c1Cl)=C2c1ccc(O[C@H]2CCN(CCCF)C2)cc1. The first-order chi connectivity index (χ1) is 17.5. The van der Waals surface area contributed by atoms with Crippen LogP contribution in [0.15, 0.2) is 65.6 Å². The molecule has 3 aromatic rings. The Balaban J connectivity index is 1.50. The lowest BCUT2D eigenvalue weighted by molar-refractivity contribution is 0.198. The predicted molar refractivity (Wildman–Crippen MR) is 143 cm³/mol. The molecule has 0 aliphatic carbocycles. The molecule has 0 spiro atoms. The number of alkyl halides is 1. The van der Waals surface area contributed by atoms with Gasteiger partial charge in [-0.05, 0) is 83.5 Å². The van der Waals surface area contributed by atoms with Crippen LogP contribution in [0.5, 0.6) is 11.5 Å². The number of phenolic OH excluding ortho intramolecular Hbond substituents is 1. The molecule has 1 atom stereocenters. The largest absolute Gasteiger partial charge is 0.508 e. The Morgan fingerprint density at radius 2 is 1.92 bits per heavy atom. The van der Waals surface area contributed by atoms with Gasteiger partial charge in [0, 0.05) is 30.3 Å². The van der Waals surface area contributed by atoms with Crippen LogP contribution < -0.4 is 4.74 Å². The van der Waals surface area contributed by atoms with E-state index in [0.717, 1.165) is 64.7 Å². The molecule has 188 valence electrons. The number of fused-ring (bicyclic) bond motifs is 1. The molecule has 3 aromatic carbocycles. The summed E-state index contributed by atoms with van der Waals surface area (Å²) in [7, 11) is 0. The molecule has 3 nitrogen and oxygen atoms in total. The Bertz CT molecular complexity index is 1260. The van der Waals surface area contributed by atoms with Gasteiger partial charge in [-0.2, -0.15) is 0 Å². The van der Waals surface area contributed by atoms with Gasteiger partial charge in [0.25, 0.3) is 0 Å². The number of halogens is 3. The van der Waals surface area contributed by atoms with Gasteiger partial charge in [-0.1, -0.05) is 35.9 Å². The van der Waals surface area contributed by atoms with E-state index in [9.17, 15) is 13.9 Å². The molecular weight excluding hydrogens is 500 g/mol. The molecule has 2 heterocycles. The van der Waals surface area contributed by atoms with Gasteiger partial charge in [-0.25, -0.2) is 4.39 Å². The molecule has 0 saturated carbocycles.